The largest absolute Gasteiger partial charge is 0.302 e. The molecule has 0 aliphatic heterocycles. The predicted molar refractivity (Wildman–Crippen MR) is 102 cm³/mol. The van der Waals surface area contributed by atoms with Crippen LogP contribution in [0.5, 0.6) is 0 Å². The standard InChI is InChI=1S/C21H23NP/c1-17(22(2)3)20-15-10-16-21(20)23(18-11-6-4-7-12-18)19-13-8-5-9-14-19/h4-13,16-17H,14H2,1-3H3/t17-,23?/m0/s1. The van der Waals surface area contributed by atoms with E-state index in [1.165, 1.54) is 21.5 Å². The minimum Gasteiger partial charge on any atom is -0.302 e. The van der Waals surface area contributed by atoms with E-state index in [9.17, 15) is 0 Å². The van der Waals surface area contributed by atoms with E-state index in [4.69, 9.17) is 0 Å². The Labute approximate surface area is 141 Å². The van der Waals surface area contributed by atoms with Crippen molar-refractivity contribution in [3.8, 4) is 0 Å². The highest BCUT2D eigenvalue weighted by Crippen LogP contribution is 2.57. The van der Waals surface area contributed by atoms with E-state index < -0.39 is 7.92 Å². The lowest BCUT2D eigenvalue weighted by Crippen LogP contribution is -2.27. The van der Waals surface area contributed by atoms with E-state index >= 15 is 0 Å². The zero-order chi connectivity index (χ0) is 16.2. The van der Waals surface area contributed by atoms with Gasteiger partial charge in [0.15, 0.2) is 0 Å². The van der Waals surface area contributed by atoms with Crippen LogP contribution in [0.2, 0.25) is 0 Å². The zero-order valence-corrected chi connectivity index (χ0v) is 14.9. The van der Waals surface area contributed by atoms with Gasteiger partial charge in [-0.2, -0.15) is 0 Å². The van der Waals surface area contributed by atoms with Gasteiger partial charge in [0.05, 0.1) is 0 Å². The average Bonchev–Trinajstić information content (AvgIpc) is 3.05. The summed E-state index contributed by atoms with van der Waals surface area (Å²) in [6.45, 7) is 2.26. The highest BCUT2D eigenvalue weighted by Gasteiger charge is 2.27. The monoisotopic (exact) mass is 320 g/mol. The van der Waals surface area contributed by atoms with Crippen LogP contribution < -0.4 is 5.30 Å². The minimum atomic E-state index is -0.489. The molecule has 1 unspecified atom stereocenters. The number of allylic oxidation sites excluding steroid dienone is 5. The average molecular weight is 320 g/mol. The molecule has 23 heavy (non-hydrogen) atoms. The Morgan fingerprint density at radius 1 is 1.13 bits per heavy atom. The smallest absolute Gasteiger partial charge is 0.0393 e. The van der Waals surface area contributed by atoms with E-state index in [2.05, 4.69) is 98.8 Å². The molecule has 0 N–H and O–H groups in total. The van der Waals surface area contributed by atoms with E-state index in [-0.39, 0.29) is 0 Å². The summed E-state index contributed by atoms with van der Waals surface area (Å²) in [5.41, 5.74) is 4.83. The maximum atomic E-state index is 3.50. The first-order valence-corrected chi connectivity index (χ1v) is 9.40. The Bertz CT molecular complexity index is 715. The topological polar surface area (TPSA) is 3.24 Å². The Morgan fingerprint density at radius 2 is 1.91 bits per heavy atom. The van der Waals surface area contributed by atoms with Crippen LogP contribution in [0.15, 0.2) is 82.6 Å². The lowest BCUT2D eigenvalue weighted by Gasteiger charge is -2.29. The number of hydrogen-bond acceptors (Lipinski definition) is 1. The van der Waals surface area contributed by atoms with Crippen molar-refractivity contribution in [1.29, 1.82) is 0 Å². The Balaban J connectivity index is 2.00. The minimum absolute atomic E-state index is 0.373. The van der Waals surface area contributed by atoms with Crippen molar-refractivity contribution < 1.29 is 0 Å². The van der Waals surface area contributed by atoms with Gasteiger partial charge in [-0.1, -0.05) is 48.6 Å². The van der Waals surface area contributed by atoms with Gasteiger partial charge < -0.3 is 4.90 Å². The second-order valence-corrected chi connectivity index (χ2v) is 8.31. The number of likely N-dealkylation sites (N-methyl/N-ethyl adjacent to an activating group) is 1. The quantitative estimate of drug-likeness (QED) is 0.558. The summed E-state index contributed by atoms with van der Waals surface area (Å²) in [7, 11) is 3.78. The number of nitrogens with zero attached hydrogens (tertiary/aromatic N) is 1. The number of benzene rings is 1. The van der Waals surface area contributed by atoms with E-state index in [0.29, 0.717) is 6.04 Å². The van der Waals surface area contributed by atoms with Crippen LogP contribution in [0.1, 0.15) is 13.3 Å². The van der Waals surface area contributed by atoms with Gasteiger partial charge >= 0.3 is 0 Å². The van der Waals surface area contributed by atoms with Gasteiger partial charge in [0.1, 0.15) is 0 Å². The molecule has 1 radical (unpaired) electrons. The van der Waals surface area contributed by atoms with Crippen LogP contribution in [-0.4, -0.2) is 25.0 Å². The molecule has 3 rings (SSSR count). The normalized spacial score (nSPS) is 19.4. The molecular weight excluding hydrogens is 297 g/mol. The summed E-state index contributed by atoms with van der Waals surface area (Å²) < 4.78 is 0. The van der Waals surface area contributed by atoms with Crippen LogP contribution in [-0.2, 0) is 0 Å². The van der Waals surface area contributed by atoms with Gasteiger partial charge in [-0.15, -0.1) is 5.73 Å². The first-order valence-electron chi connectivity index (χ1n) is 8.06. The summed E-state index contributed by atoms with van der Waals surface area (Å²) in [5.74, 6) is 0. The fourth-order valence-corrected chi connectivity index (χ4v) is 5.49. The van der Waals surface area contributed by atoms with Crippen molar-refractivity contribution in [3.63, 3.8) is 0 Å². The van der Waals surface area contributed by atoms with Gasteiger partial charge in [0, 0.05) is 18.0 Å². The first-order chi connectivity index (χ1) is 11.2. The predicted octanol–water partition coefficient (Wildman–Crippen LogP) is 4.77. The summed E-state index contributed by atoms with van der Waals surface area (Å²) >= 11 is 0. The lowest BCUT2D eigenvalue weighted by molar-refractivity contribution is 0.355. The van der Waals surface area contributed by atoms with Gasteiger partial charge in [-0.05, 0) is 63.4 Å². The van der Waals surface area contributed by atoms with Gasteiger partial charge in [0.2, 0.25) is 0 Å². The van der Waals surface area contributed by atoms with Crippen LogP contribution in [0.4, 0.5) is 0 Å². The highest BCUT2D eigenvalue weighted by atomic mass is 31.1. The summed E-state index contributed by atoms with van der Waals surface area (Å²) in [4.78, 5) is 2.26. The van der Waals surface area contributed by atoms with Crippen molar-refractivity contribution >= 4 is 13.2 Å². The molecule has 1 aromatic rings. The third-order valence-corrected chi connectivity index (χ3v) is 6.95. The maximum absolute atomic E-state index is 3.50. The van der Waals surface area contributed by atoms with Crippen molar-refractivity contribution in [1.82, 2.24) is 4.90 Å². The maximum Gasteiger partial charge on any atom is 0.0393 e. The lowest BCUT2D eigenvalue weighted by atomic mass is 10.1. The van der Waals surface area contributed by atoms with Crippen molar-refractivity contribution in [2.24, 2.45) is 0 Å². The van der Waals surface area contributed by atoms with Gasteiger partial charge in [0.25, 0.3) is 0 Å². The molecule has 2 heteroatoms. The Kier molecular flexibility index (Phi) is 5.13. The molecule has 0 saturated carbocycles. The molecule has 0 spiro atoms. The van der Waals surface area contributed by atoms with Crippen molar-refractivity contribution in [3.05, 3.63) is 89.1 Å². The fraction of sp³-hybridized carbons (Fsp3) is 0.238. The third kappa shape index (κ3) is 3.48. The molecule has 0 aromatic heterocycles. The van der Waals surface area contributed by atoms with Crippen LogP contribution in [0, 0.1) is 6.42 Å². The molecule has 2 atom stereocenters. The van der Waals surface area contributed by atoms with Crippen molar-refractivity contribution in [2.45, 2.75) is 19.4 Å². The van der Waals surface area contributed by atoms with E-state index in [0.717, 1.165) is 6.42 Å². The molecule has 0 bridgehead atoms. The fourth-order valence-electron chi connectivity index (χ4n) is 2.87. The second-order valence-electron chi connectivity index (χ2n) is 6.07. The molecule has 117 valence electrons. The first kappa shape index (κ1) is 16.2. The molecule has 2 aliphatic rings. The molecule has 0 amide bonds. The van der Waals surface area contributed by atoms with Gasteiger partial charge in [-0.3, -0.25) is 0 Å². The van der Waals surface area contributed by atoms with Gasteiger partial charge in [-0.25, -0.2) is 0 Å². The molecule has 0 saturated heterocycles. The van der Waals surface area contributed by atoms with Crippen LogP contribution in [0.3, 0.4) is 0 Å². The summed E-state index contributed by atoms with van der Waals surface area (Å²) in [5, 5.41) is 4.38. The van der Waals surface area contributed by atoms with Crippen LogP contribution >= 0.6 is 7.92 Å². The zero-order valence-electron chi connectivity index (χ0n) is 14.0. The summed E-state index contributed by atoms with van der Waals surface area (Å²) in [6.07, 6.45) is 14.3. The van der Waals surface area contributed by atoms with E-state index in [1.807, 2.05) is 0 Å². The van der Waals surface area contributed by atoms with E-state index in [1.54, 1.807) is 0 Å². The SMILES string of the molecule is C[C@@H](C1=C=CC=C1P(C1=C[CH]C=CC1)c1ccccc1)N(C)C. The number of rotatable bonds is 5. The molecule has 0 heterocycles. The number of hydrogen-bond donors (Lipinski definition) is 0. The third-order valence-electron chi connectivity index (χ3n) is 4.35. The Morgan fingerprint density at radius 3 is 2.57 bits per heavy atom. The molecule has 2 aliphatic carbocycles. The molecule has 1 aromatic carbocycles. The molecular formula is C21H23NP. The molecule has 1 nitrogen and oxygen atoms in total. The highest BCUT2D eigenvalue weighted by molar-refractivity contribution is 7.74. The van der Waals surface area contributed by atoms with Crippen LogP contribution in [0.25, 0.3) is 0 Å². The summed E-state index contributed by atoms with van der Waals surface area (Å²) in [6, 6.07) is 11.3. The van der Waals surface area contributed by atoms with Crippen molar-refractivity contribution in [2.75, 3.05) is 14.1 Å². The Hall–Kier alpha value is -1.65. The second kappa shape index (κ2) is 7.28. The molecule has 0 fully saturated rings.